The SMILES string of the molecule is COc1ccccc1CCNC(=O)COc1ccc2nc3n(c(=O)c2c1)CCCCC3. The summed E-state index contributed by atoms with van der Waals surface area (Å²) in [6.07, 6.45) is 4.66. The number of methoxy groups -OCH3 is 1. The zero-order valence-corrected chi connectivity index (χ0v) is 17.7. The predicted molar refractivity (Wildman–Crippen MR) is 119 cm³/mol. The molecule has 1 aliphatic rings. The summed E-state index contributed by atoms with van der Waals surface area (Å²) in [5, 5.41) is 3.38. The summed E-state index contributed by atoms with van der Waals surface area (Å²) in [6.45, 7) is 1.08. The van der Waals surface area contributed by atoms with Gasteiger partial charge in [-0.25, -0.2) is 4.98 Å². The van der Waals surface area contributed by atoms with Crippen LogP contribution in [0.5, 0.6) is 11.5 Å². The quantitative estimate of drug-likeness (QED) is 0.634. The third kappa shape index (κ3) is 4.87. The number of carbonyl (C=O) groups is 1. The van der Waals surface area contributed by atoms with Gasteiger partial charge in [0.05, 0.1) is 18.0 Å². The molecule has 7 heteroatoms. The standard InChI is InChI=1S/C24H27N3O4/c1-30-21-8-5-4-7-17(21)12-13-25-23(28)16-31-18-10-11-20-19(15-18)24(29)27-14-6-2-3-9-22(27)26-20/h4-5,7-8,10-11,15H,2-3,6,9,12-14,16H2,1H3,(H,25,28). The van der Waals surface area contributed by atoms with Crippen molar-refractivity contribution in [2.24, 2.45) is 0 Å². The van der Waals surface area contributed by atoms with E-state index in [2.05, 4.69) is 10.3 Å². The van der Waals surface area contributed by atoms with Gasteiger partial charge in [0.2, 0.25) is 0 Å². The van der Waals surface area contributed by atoms with Gasteiger partial charge in [0.15, 0.2) is 6.61 Å². The summed E-state index contributed by atoms with van der Waals surface area (Å²) in [5.74, 6) is 1.94. The van der Waals surface area contributed by atoms with Gasteiger partial charge in [-0.2, -0.15) is 0 Å². The summed E-state index contributed by atoms with van der Waals surface area (Å²) in [7, 11) is 1.63. The molecule has 0 spiro atoms. The van der Waals surface area contributed by atoms with E-state index >= 15 is 0 Å². The minimum Gasteiger partial charge on any atom is -0.496 e. The minimum absolute atomic E-state index is 0.0337. The lowest BCUT2D eigenvalue weighted by Crippen LogP contribution is -2.30. The largest absolute Gasteiger partial charge is 0.496 e. The molecular weight excluding hydrogens is 394 g/mol. The van der Waals surface area contributed by atoms with Gasteiger partial charge in [-0.1, -0.05) is 24.6 Å². The molecule has 3 aromatic rings. The Kier molecular flexibility index (Phi) is 6.50. The molecule has 2 aromatic carbocycles. The Labute approximate surface area is 181 Å². The van der Waals surface area contributed by atoms with Crippen molar-refractivity contribution < 1.29 is 14.3 Å². The van der Waals surface area contributed by atoms with Crippen molar-refractivity contribution in [2.75, 3.05) is 20.3 Å². The van der Waals surface area contributed by atoms with Crippen LogP contribution in [-0.2, 0) is 24.2 Å². The number of fused-ring (bicyclic) bond motifs is 2. The van der Waals surface area contributed by atoms with Crippen LogP contribution in [0.4, 0.5) is 0 Å². The molecule has 2 heterocycles. The smallest absolute Gasteiger partial charge is 0.261 e. The van der Waals surface area contributed by atoms with Crippen LogP contribution in [-0.4, -0.2) is 35.7 Å². The van der Waals surface area contributed by atoms with Crippen LogP contribution in [0.25, 0.3) is 10.9 Å². The van der Waals surface area contributed by atoms with Gasteiger partial charge in [0.25, 0.3) is 11.5 Å². The van der Waals surface area contributed by atoms with Gasteiger partial charge in [0, 0.05) is 19.5 Å². The number of hydrogen-bond acceptors (Lipinski definition) is 5. The van der Waals surface area contributed by atoms with Crippen molar-refractivity contribution >= 4 is 16.8 Å². The van der Waals surface area contributed by atoms with E-state index < -0.39 is 0 Å². The number of ether oxygens (including phenoxy) is 2. The molecule has 0 saturated carbocycles. The number of benzene rings is 2. The Morgan fingerprint density at radius 3 is 2.90 bits per heavy atom. The normalized spacial score (nSPS) is 13.3. The Morgan fingerprint density at radius 2 is 2.03 bits per heavy atom. The van der Waals surface area contributed by atoms with Crippen LogP contribution < -0.4 is 20.3 Å². The molecule has 0 aliphatic carbocycles. The molecule has 0 radical (unpaired) electrons. The van der Waals surface area contributed by atoms with Gasteiger partial charge in [-0.3, -0.25) is 14.2 Å². The fourth-order valence-electron chi connectivity index (χ4n) is 3.93. The number of hydrogen-bond donors (Lipinski definition) is 1. The van der Waals surface area contributed by atoms with Crippen molar-refractivity contribution in [3.05, 3.63) is 64.2 Å². The molecule has 0 saturated heterocycles. The Bertz CT molecular complexity index is 1140. The van der Waals surface area contributed by atoms with E-state index in [1.54, 1.807) is 29.9 Å². The van der Waals surface area contributed by atoms with Crippen molar-refractivity contribution in [3.8, 4) is 11.5 Å². The van der Waals surface area contributed by atoms with Crippen LogP contribution in [0.3, 0.4) is 0 Å². The van der Waals surface area contributed by atoms with Crippen molar-refractivity contribution in [2.45, 2.75) is 38.6 Å². The molecule has 31 heavy (non-hydrogen) atoms. The summed E-state index contributed by atoms with van der Waals surface area (Å²) in [5.41, 5.74) is 1.67. The molecule has 1 amide bonds. The third-order valence-electron chi connectivity index (χ3n) is 5.57. The van der Waals surface area contributed by atoms with E-state index in [0.29, 0.717) is 36.2 Å². The van der Waals surface area contributed by atoms with Gasteiger partial charge in [0.1, 0.15) is 17.3 Å². The first kappa shape index (κ1) is 20.9. The highest BCUT2D eigenvalue weighted by Crippen LogP contribution is 2.20. The molecule has 0 fully saturated rings. The molecule has 0 atom stereocenters. The van der Waals surface area contributed by atoms with E-state index in [-0.39, 0.29) is 18.1 Å². The Morgan fingerprint density at radius 1 is 1.16 bits per heavy atom. The number of nitrogens with zero attached hydrogens (tertiary/aromatic N) is 2. The van der Waals surface area contributed by atoms with Crippen LogP contribution >= 0.6 is 0 Å². The first-order chi connectivity index (χ1) is 15.2. The molecule has 7 nitrogen and oxygen atoms in total. The molecule has 1 aromatic heterocycles. The van der Waals surface area contributed by atoms with Crippen molar-refractivity contribution in [1.29, 1.82) is 0 Å². The molecule has 162 valence electrons. The van der Waals surface area contributed by atoms with Crippen molar-refractivity contribution in [3.63, 3.8) is 0 Å². The van der Waals surface area contributed by atoms with Crippen molar-refractivity contribution in [1.82, 2.24) is 14.9 Å². The maximum atomic E-state index is 12.9. The summed E-state index contributed by atoms with van der Waals surface area (Å²) < 4.78 is 12.7. The van der Waals surface area contributed by atoms with E-state index in [0.717, 1.165) is 42.8 Å². The topological polar surface area (TPSA) is 82.4 Å². The van der Waals surface area contributed by atoms with E-state index in [9.17, 15) is 9.59 Å². The Hall–Kier alpha value is -3.35. The van der Waals surface area contributed by atoms with E-state index in [1.165, 1.54) is 0 Å². The molecule has 1 N–H and O–H groups in total. The van der Waals surface area contributed by atoms with Gasteiger partial charge < -0.3 is 14.8 Å². The van der Waals surface area contributed by atoms with Gasteiger partial charge >= 0.3 is 0 Å². The zero-order chi connectivity index (χ0) is 21.6. The van der Waals surface area contributed by atoms with Gasteiger partial charge in [-0.15, -0.1) is 0 Å². The number of aryl methyl sites for hydroxylation is 1. The average Bonchev–Trinajstić information content (AvgIpc) is 3.04. The van der Waals surface area contributed by atoms with E-state index in [4.69, 9.17) is 9.47 Å². The number of para-hydroxylation sites is 1. The second-order valence-corrected chi connectivity index (χ2v) is 7.67. The highest BCUT2D eigenvalue weighted by atomic mass is 16.5. The minimum atomic E-state index is -0.216. The number of nitrogens with one attached hydrogen (secondary N) is 1. The number of rotatable bonds is 7. The maximum Gasteiger partial charge on any atom is 0.261 e. The maximum absolute atomic E-state index is 12.9. The highest BCUT2D eigenvalue weighted by molar-refractivity contribution is 5.80. The number of carbonyl (C=O) groups excluding carboxylic acids is 1. The Balaban J connectivity index is 1.37. The summed E-state index contributed by atoms with van der Waals surface area (Å²) >= 11 is 0. The van der Waals surface area contributed by atoms with Gasteiger partial charge in [-0.05, 0) is 49.1 Å². The predicted octanol–water partition coefficient (Wildman–Crippen LogP) is 2.87. The van der Waals surface area contributed by atoms with Crippen LogP contribution in [0.1, 0.15) is 30.7 Å². The molecular formula is C24H27N3O4. The highest BCUT2D eigenvalue weighted by Gasteiger charge is 2.14. The summed E-state index contributed by atoms with van der Waals surface area (Å²) in [4.78, 5) is 29.8. The molecule has 4 rings (SSSR count). The zero-order valence-electron chi connectivity index (χ0n) is 17.7. The lowest BCUT2D eigenvalue weighted by Gasteiger charge is -2.12. The van der Waals surface area contributed by atoms with Crippen LogP contribution in [0.15, 0.2) is 47.3 Å². The van der Waals surface area contributed by atoms with E-state index in [1.807, 2.05) is 24.3 Å². The average molecular weight is 421 g/mol. The fourth-order valence-corrected chi connectivity index (χ4v) is 3.93. The first-order valence-corrected chi connectivity index (χ1v) is 10.7. The number of amides is 1. The summed E-state index contributed by atoms with van der Waals surface area (Å²) in [6, 6.07) is 13.0. The monoisotopic (exact) mass is 421 g/mol. The lowest BCUT2D eigenvalue weighted by molar-refractivity contribution is -0.123. The first-order valence-electron chi connectivity index (χ1n) is 10.7. The number of aromatic nitrogens is 2. The third-order valence-corrected chi connectivity index (χ3v) is 5.57. The molecule has 0 unspecified atom stereocenters. The fraction of sp³-hybridized carbons (Fsp3) is 0.375. The van der Waals surface area contributed by atoms with Crippen LogP contribution in [0.2, 0.25) is 0 Å². The second-order valence-electron chi connectivity index (χ2n) is 7.67. The molecule has 0 bridgehead atoms. The second kappa shape index (κ2) is 9.64. The lowest BCUT2D eigenvalue weighted by atomic mass is 10.1. The van der Waals surface area contributed by atoms with Crippen LogP contribution in [0, 0.1) is 0 Å². The molecule has 1 aliphatic heterocycles.